The third-order valence-electron chi connectivity index (χ3n) is 3.85. The molecule has 0 saturated carbocycles. The Balaban J connectivity index is 2.20. The fraction of sp³-hybridized carbons (Fsp3) is 0.750. The SMILES string of the molecule is CN1CCN(C(=O)N2CSC[C@H]2C(=O)O)C(C)(C)C1=O. The van der Waals surface area contributed by atoms with E-state index in [1.165, 1.54) is 21.6 Å². The number of carboxylic acid groups (broad SMARTS) is 1. The summed E-state index contributed by atoms with van der Waals surface area (Å²) in [7, 11) is 1.71. The van der Waals surface area contributed by atoms with E-state index in [9.17, 15) is 14.4 Å². The van der Waals surface area contributed by atoms with E-state index in [-0.39, 0.29) is 11.9 Å². The Hall–Kier alpha value is -1.44. The van der Waals surface area contributed by atoms with Crippen molar-refractivity contribution in [3.8, 4) is 0 Å². The Morgan fingerprint density at radius 1 is 1.35 bits per heavy atom. The summed E-state index contributed by atoms with van der Waals surface area (Å²) < 4.78 is 0. The van der Waals surface area contributed by atoms with Crippen LogP contribution in [0.3, 0.4) is 0 Å². The molecule has 0 aromatic rings. The molecule has 112 valence electrons. The number of hydrogen-bond donors (Lipinski definition) is 1. The van der Waals surface area contributed by atoms with Gasteiger partial charge in [0.15, 0.2) is 0 Å². The zero-order valence-corrected chi connectivity index (χ0v) is 12.6. The largest absolute Gasteiger partial charge is 0.480 e. The van der Waals surface area contributed by atoms with Crippen LogP contribution in [0.5, 0.6) is 0 Å². The number of nitrogens with zero attached hydrogens (tertiary/aromatic N) is 3. The van der Waals surface area contributed by atoms with Crippen molar-refractivity contribution in [2.75, 3.05) is 31.8 Å². The maximum atomic E-state index is 12.6. The Labute approximate surface area is 121 Å². The summed E-state index contributed by atoms with van der Waals surface area (Å²) in [6, 6.07) is -1.17. The van der Waals surface area contributed by atoms with Gasteiger partial charge in [-0.1, -0.05) is 0 Å². The van der Waals surface area contributed by atoms with Crippen LogP contribution >= 0.6 is 11.8 Å². The van der Waals surface area contributed by atoms with Crippen LogP contribution in [-0.2, 0) is 9.59 Å². The quantitative estimate of drug-likeness (QED) is 0.744. The molecule has 0 aromatic carbocycles. The number of carbonyl (C=O) groups excluding carboxylic acids is 2. The molecule has 0 unspecified atom stereocenters. The van der Waals surface area contributed by atoms with Crippen LogP contribution < -0.4 is 0 Å². The highest BCUT2D eigenvalue weighted by Gasteiger charge is 2.47. The van der Waals surface area contributed by atoms with Crippen molar-refractivity contribution in [2.24, 2.45) is 0 Å². The minimum absolute atomic E-state index is 0.129. The van der Waals surface area contributed by atoms with Gasteiger partial charge in [0.2, 0.25) is 5.91 Å². The predicted octanol–water partition coefficient (Wildman–Crippen LogP) is 0.119. The molecule has 20 heavy (non-hydrogen) atoms. The number of piperazine rings is 1. The van der Waals surface area contributed by atoms with Gasteiger partial charge in [-0.2, -0.15) is 0 Å². The molecule has 2 aliphatic rings. The molecule has 2 aliphatic heterocycles. The normalized spacial score (nSPS) is 26.1. The lowest BCUT2D eigenvalue weighted by molar-refractivity contribution is -0.145. The summed E-state index contributed by atoms with van der Waals surface area (Å²) in [5.74, 6) is -0.382. The van der Waals surface area contributed by atoms with Crippen LogP contribution in [0.15, 0.2) is 0 Å². The molecule has 1 N–H and O–H groups in total. The lowest BCUT2D eigenvalue weighted by Gasteiger charge is -2.46. The Kier molecular flexibility index (Phi) is 3.86. The van der Waals surface area contributed by atoms with Crippen LogP contribution in [0.2, 0.25) is 0 Å². The lowest BCUT2D eigenvalue weighted by Crippen LogP contribution is -2.66. The molecule has 2 heterocycles. The molecular weight excluding hydrogens is 282 g/mol. The number of carboxylic acids is 1. The molecule has 0 radical (unpaired) electrons. The summed E-state index contributed by atoms with van der Waals surface area (Å²) in [6.45, 7) is 4.28. The van der Waals surface area contributed by atoms with E-state index in [1.54, 1.807) is 25.8 Å². The highest BCUT2D eigenvalue weighted by atomic mass is 32.2. The van der Waals surface area contributed by atoms with Crippen LogP contribution in [0.4, 0.5) is 4.79 Å². The van der Waals surface area contributed by atoms with Gasteiger partial charge in [0.05, 0.1) is 5.88 Å². The van der Waals surface area contributed by atoms with Crippen LogP contribution in [0.1, 0.15) is 13.8 Å². The van der Waals surface area contributed by atoms with Crippen molar-refractivity contribution in [3.05, 3.63) is 0 Å². The molecule has 2 saturated heterocycles. The number of hydrogen-bond acceptors (Lipinski definition) is 4. The second kappa shape index (κ2) is 5.16. The van der Waals surface area contributed by atoms with Crippen molar-refractivity contribution < 1.29 is 19.5 Å². The third kappa shape index (κ3) is 2.32. The molecule has 3 amide bonds. The molecule has 0 aliphatic carbocycles. The smallest absolute Gasteiger partial charge is 0.327 e. The average molecular weight is 301 g/mol. The van der Waals surface area contributed by atoms with E-state index < -0.39 is 17.6 Å². The lowest BCUT2D eigenvalue weighted by atomic mass is 9.98. The van der Waals surface area contributed by atoms with E-state index in [0.29, 0.717) is 24.7 Å². The van der Waals surface area contributed by atoms with Gasteiger partial charge in [0.1, 0.15) is 11.6 Å². The summed E-state index contributed by atoms with van der Waals surface area (Å²) in [4.78, 5) is 40.4. The number of likely N-dealkylation sites (N-methyl/N-ethyl adjacent to an activating group) is 1. The predicted molar refractivity (Wildman–Crippen MR) is 74.4 cm³/mol. The standard InChI is InChI=1S/C12H19N3O4S/c1-12(2)10(18)13(3)4-5-15(12)11(19)14-7-20-6-8(14)9(16)17/h8H,4-7H2,1-3H3,(H,16,17)/t8-/m0/s1. The molecule has 0 spiro atoms. The van der Waals surface area contributed by atoms with Gasteiger partial charge in [-0.05, 0) is 13.8 Å². The molecule has 2 fully saturated rings. The minimum atomic E-state index is -0.999. The van der Waals surface area contributed by atoms with Gasteiger partial charge < -0.3 is 19.8 Å². The molecule has 8 heteroatoms. The van der Waals surface area contributed by atoms with Crippen molar-refractivity contribution >= 4 is 29.7 Å². The third-order valence-corrected chi connectivity index (χ3v) is 4.86. The van der Waals surface area contributed by atoms with Crippen molar-refractivity contribution in [1.29, 1.82) is 0 Å². The summed E-state index contributed by atoms with van der Waals surface area (Å²) >= 11 is 1.41. The fourth-order valence-corrected chi connectivity index (χ4v) is 3.68. The number of amides is 3. The van der Waals surface area contributed by atoms with E-state index in [0.717, 1.165) is 0 Å². The van der Waals surface area contributed by atoms with Gasteiger partial charge in [-0.15, -0.1) is 11.8 Å². The summed E-state index contributed by atoms with van der Waals surface area (Å²) in [5, 5.41) is 9.15. The van der Waals surface area contributed by atoms with Crippen molar-refractivity contribution in [1.82, 2.24) is 14.7 Å². The van der Waals surface area contributed by atoms with Gasteiger partial charge in [0, 0.05) is 25.9 Å². The monoisotopic (exact) mass is 301 g/mol. The van der Waals surface area contributed by atoms with Crippen molar-refractivity contribution in [3.63, 3.8) is 0 Å². The molecule has 0 aromatic heterocycles. The number of thioether (sulfide) groups is 1. The first kappa shape index (κ1) is 15.0. The second-order valence-electron chi connectivity index (χ2n) is 5.54. The van der Waals surface area contributed by atoms with Crippen LogP contribution in [0, 0.1) is 0 Å². The Bertz CT molecular complexity index is 454. The first-order valence-electron chi connectivity index (χ1n) is 6.41. The van der Waals surface area contributed by atoms with Gasteiger partial charge in [0.25, 0.3) is 0 Å². The van der Waals surface area contributed by atoms with E-state index in [4.69, 9.17) is 5.11 Å². The molecule has 7 nitrogen and oxygen atoms in total. The van der Waals surface area contributed by atoms with Crippen LogP contribution in [-0.4, -0.2) is 81.1 Å². The van der Waals surface area contributed by atoms with E-state index in [1.807, 2.05) is 0 Å². The minimum Gasteiger partial charge on any atom is -0.480 e. The molecular formula is C12H19N3O4S. The molecule has 0 bridgehead atoms. The number of carbonyl (C=O) groups is 3. The fourth-order valence-electron chi connectivity index (χ4n) is 2.54. The highest BCUT2D eigenvalue weighted by Crippen LogP contribution is 2.28. The second-order valence-corrected chi connectivity index (χ2v) is 6.54. The molecule has 1 atom stereocenters. The van der Waals surface area contributed by atoms with Crippen molar-refractivity contribution in [2.45, 2.75) is 25.4 Å². The zero-order chi connectivity index (χ0) is 15.1. The van der Waals surface area contributed by atoms with Crippen LogP contribution in [0.25, 0.3) is 0 Å². The average Bonchev–Trinajstić information content (AvgIpc) is 2.85. The van der Waals surface area contributed by atoms with E-state index in [2.05, 4.69) is 0 Å². The number of aliphatic carboxylic acids is 1. The Morgan fingerprint density at radius 2 is 2.00 bits per heavy atom. The van der Waals surface area contributed by atoms with Gasteiger partial charge in [-0.25, -0.2) is 9.59 Å². The van der Waals surface area contributed by atoms with E-state index >= 15 is 0 Å². The topological polar surface area (TPSA) is 81.2 Å². The highest BCUT2D eigenvalue weighted by molar-refractivity contribution is 7.99. The maximum Gasteiger partial charge on any atom is 0.327 e. The van der Waals surface area contributed by atoms with Gasteiger partial charge in [-0.3, -0.25) is 4.79 Å². The zero-order valence-electron chi connectivity index (χ0n) is 11.8. The Morgan fingerprint density at radius 3 is 2.60 bits per heavy atom. The number of urea groups is 1. The van der Waals surface area contributed by atoms with Gasteiger partial charge >= 0.3 is 12.0 Å². The summed E-state index contributed by atoms with van der Waals surface area (Å²) in [6.07, 6.45) is 0. The maximum absolute atomic E-state index is 12.6. The first-order chi connectivity index (χ1) is 9.26. The molecule has 2 rings (SSSR count). The summed E-state index contributed by atoms with van der Waals surface area (Å²) in [5.41, 5.74) is -0.944. The first-order valence-corrected chi connectivity index (χ1v) is 7.56. The number of rotatable bonds is 1.